The average Bonchev–Trinajstić information content (AvgIpc) is 3.22. The van der Waals surface area contributed by atoms with Crippen LogP contribution in [-0.4, -0.2) is 42.2 Å². The Morgan fingerprint density at radius 3 is 2.52 bits per heavy atom. The molecular weight excluding hydrogens is 352 g/mol. The average molecular weight is 383 g/mol. The van der Waals surface area contributed by atoms with Crippen LogP contribution in [0, 0.1) is 13.8 Å². The molecule has 0 radical (unpaired) electrons. The van der Waals surface area contributed by atoms with E-state index in [0.29, 0.717) is 0 Å². The van der Waals surface area contributed by atoms with E-state index in [-0.39, 0.29) is 5.60 Å². The quantitative estimate of drug-likeness (QED) is 0.626. The number of aryl methyl sites for hydroxylation is 2. The molecule has 0 bridgehead atoms. The first-order chi connectivity index (χ1) is 13.0. The number of ether oxygens (including phenoxy) is 1. The van der Waals surface area contributed by atoms with Crippen molar-refractivity contribution in [2.24, 2.45) is 0 Å². The van der Waals surface area contributed by atoms with Crippen molar-refractivity contribution in [2.75, 3.05) is 26.7 Å². The van der Waals surface area contributed by atoms with Crippen molar-refractivity contribution in [2.45, 2.75) is 45.6 Å². The van der Waals surface area contributed by atoms with E-state index in [1.54, 1.807) is 11.3 Å². The van der Waals surface area contributed by atoms with Crippen LogP contribution in [0.5, 0.6) is 0 Å². The van der Waals surface area contributed by atoms with Gasteiger partial charge in [0.25, 0.3) is 0 Å². The van der Waals surface area contributed by atoms with Crippen LogP contribution in [0.1, 0.15) is 36.5 Å². The molecular formula is C23H30N2OS. The lowest BCUT2D eigenvalue weighted by Gasteiger charge is -2.38. The highest BCUT2D eigenvalue weighted by atomic mass is 32.1. The molecule has 0 aliphatic carbocycles. The molecule has 0 saturated carbocycles. The summed E-state index contributed by atoms with van der Waals surface area (Å²) in [7, 11) is 1.85. The monoisotopic (exact) mass is 382 g/mol. The summed E-state index contributed by atoms with van der Waals surface area (Å²) in [4.78, 5) is 7.60. The van der Waals surface area contributed by atoms with Gasteiger partial charge in [-0.2, -0.15) is 0 Å². The second-order valence-corrected chi connectivity index (χ2v) is 9.18. The third-order valence-corrected chi connectivity index (χ3v) is 6.96. The van der Waals surface area contributed by atoms with E-state index in [9.17, 15) is 0 Å². The number of nitrogens with one attached hydrogen (secondary N) is 1. The maximum Gasteiger partial charge on any atom is 0.100 e. The van der Waals surface area contributed by atoms with E-state index in [2.05, 4.69) is 60.3 Å². The first kappa shape index (κ1) is 18.7. The van der Waals surface area contributed by atoms with E-state index < -0.39 is 0 Å². The Labute approximate surface area is 166 Å². The number of fused-ring (bicyclic) bond motifs is 1. The summed E-state index contributed by atoms with van der Waals surface area (Å²) >= 11 is 1.80. The number of aromatic nitrogens is 1. The minimum Gasteiger partial charge on any atom is -0.378 e. The Morgan fingerprint density at radius 2 is 1.85 bits per heavy atom. The first-order valence-electron chi connectivity index (χ1n) is 9.92. The van der Waals surface area contributed by atoms with Crippen molar-refractivity contribution in [1.82, 2.24) is 9.88 Å². The standard InChI is InChI=1S/C23H30N2OS/c1-16-13-17(2)15-18(14-16)21-19(20-6-12-27-22(20)24-21)5-9-25-10-7-23(3,26-4)8-11-25/h6,12-15,24H,5,7-11H2,1-4H3. The molecule has 0 atom stereocenters. The van der Waals surface area contributed by atoms with Gasteiger partial charge in [-0.1, -0.05) is 17.2 Å². The molecule has 3 nitrogen and oxygen atoms in total. The van der Waals surface area contributed by atoms with Gasteiger partial charge < -0.3 is 14.6 Å². The minimum atomic E-state index is 0.0649. The Kier molecular flexibility index (Phi) is 5.15. The number of hydrogen-bond donors (Lipinski definition) is 1. The van der Waals surface area contributed by atoms with E-state index in [0.717, 1.165) is 38.9 Å². The summed E-state index contributed by atoms with van der Waals surface area (Å²) in [6.45, 7) is 9.97. The predicted molar refractivity (Wildman–Crippen MR) is 116 cm³/mol. The molecule has 1 N–H and O–H groups in total. The lowest BCUT2D eigenvalue weighted by atomic mass is 9.93. The molecule has 4 heteroatoms. The van der Waals surface area contributed by atoms with Gasteiger partial charge in [-0.3, -0.25) is 0 Å². The van der Waals surface area contributed by atoms with Crippen LogP contribution in [0.15, 0.2) is 29.6 Å². The highest BCUT2D eigenvalue weighted by Crippen LogP contribution is 2.35. The number of hydrogen-bond acceptors (Lipinski definition) is 3. The predicted octanol–water partition coefficient (Wildman–Crippen LogP) is 5.56. The van der Waals surface area contributed by atoms with Crippen LogP contribution in [0.3, 0.4) is 0 Å². The lowest BCUT2D eigenvalue weighted by Crippen LogP contribution is -2.44. The summed E-state index contributed by atoms with van der Waals surface area (Å²) < 4.78 is 5.69. The summed E-state index contributed by atoms with van der Waals surface area (Å²) in [5.74, 6) is 0. The van der Waals surface area contributed by atoms with Gasteiger partial charge in [0.05, 0.1) is 11.3 Å². The zero-order valence-electron chi connectivity index (χ0n) is 16.9. The van der Waals surface area contributed by atoms with Crippen molar-refractivity contribution in [3.05, 3.63) is 46.3 Å². The SMILES string of the molecule is COC1(C)CCN(CCc2c(-c3cc(C)cc(C)c3)[nH]c3sccc23)CC1. The van der Waals surface area contributed by atoms with Gasteiger partial charge in [-0.05, 0) is 74.7 Å². The second kappa shape index (κ2) is 7.42. The van der Waals surface area contributed by atoms with Crippen LogP contribution in [-0.2, 0) is 11.2 Å². The highest BCUT2D eigenvalue weighted by molar-refractivity contribution is 7.16. The maximum absolute atomic E-state index is 5.69. The number of rotatable bonds is 5. The van der Waals surface area contributed by atoms with Gasteiger partial charge in [0.1, 0.15) is 4.83 Å². The molecule has 144 valence electrons. The molecule has 0 amide bonds. The number of H-pyrrole nitrogens is 1. The molecule has 1 fully saturated rings. The molecule has 27 heavy (non-hydrogen) atoms. The summed E-state index contributed by atoms with van der Waals surface area (Å²) in [5, 5.41) is 3.59. The molecule has 2 aromatic heterocycles. The number of aromatic amines is 1. The third kappa shape index (κ3) is 3.84. The van der Waals surface area contributed by atoms with E-state index in [1.807, 2.05) is 7.11 Å². The summed E-state index contributed by atoms with van der Waals surface area (Å²) in [5.41, 5.74) is 6.80. The molecule has 1 saturated heterocycles. The van der Waals surface area contributed by atoms with Crippen molar-refractivity contribution < 1.29 is 4.74 Å². The second-order valence-electron chi connectivity index (χ2n) is 8.26. The molecule has 3 aromatic rings. The third-order valence-electron chi connectivity index (χ3n) is 6.13. The molecule has 0 unspecified atom stereocenters. The largest absolute Gasteiger partial charge is 0.378 e. The van der Waals surface area contributed by atoms with E-state index in [4.69, 9.17) is 4.74 Å². The minimum absolute atomic E-state index is 0.0649. The zero-order chi connectivity index (χ0) is 19.0. The van der Waals surface area contributed by atoms with Crippen molar-refractivity contribution in [1.29, 1.82) is 0 Å². The molecule has 1 aliphatic heterocycles. The van der Waals surface area contributed by atoms with Gasteiger partial charge in [-0.25, -0.2) is 0 Å². The van der Waals surface area contributed by atoms with Crippen LogP contribution >= 0.6 is 11.3 Å². The van der Waals surface area contributed by atoms with Crippen LogP contribution in [0.25, 0.3) is 21.5 Å². The fraction of sp³-hybridized carbons (Fsp3) is 0.478. The van der Waals surface area contributed by atoms with Gasteiger partial charge in [0.15, 0.2) is 0 Å². The number of thiophene rings is 1. The molecule has 3 heterocycles. The maximum atomic E-state index is 5.69. The fourth-order valence-electron chi connectivity index (χ4n) is 4.32. The molecule has 0 spiro atoms. The number of benzene rings is 1. The Morgan fingerprint density at radius 1 is 1.15 bits per heavy atom. The molecule has 1 aromatic carbocycles. The van der Waals surface area contributed by atoms with Crippen LogP contribution < -0.4 is 0 Å². The van der Waals surface area contributed by atoms with Crippen molar-refractivity contribution in [3.63, 3.8) is 0 Å². The Balaban J connectivity index is 1.57. The first-order valence-corrected chi connectivity index (χ1v) is 10.8. The lowest BCUT2D eigenvalue weighted by molar-refractivity contribution is -0.0423. The van der Waals surface area contributed by atoms with Gasteiger partial charge in [0, 0.05) is 32.1 Å². The van der Waals surface area contributed by atoms with E-state index >= 15 is 0 Å². The Bertz CT molecular complexity index is 911. The fourth-order valence-corrected chi connectivity index (χ4v) is 5.14. The summed E-state index contributed by atoms with van der Waals surface area (Å²) in [6, 6.07) is 9.12. The van der Waals surface area contributed by atoms with Crippen molar-refractivity contribution >= 4 is 21.6 Å². The number of nitrogens with zero attached hydrogens (tertiary/aromatic N) is 1. The zero-order valence-corrected chi connectivity index (χ0v) is 17.7. The molecule has 1 aliphatic rings. The van der Waals surface area contributed by atoms with Crippen molar-refractivity contribution in [3.8, 4) is 11.3 Å². The topological polar surface area (TPSA) is 28.3 Å². The highest BCUT2D eigenvalue weighted by Gasteiger charge is 2.29. The van der Waals surface area contributed by atoms with Gasteiger partial charge in [0.2, 0.25) is 0 Å². The Hall–Kier alpha value is -1.62. The van der Waals surface area contributed by atoms with E-state index in [1.165, 1.54) is 38.2 Å². The number of methoxy groups -OCH3 is 1. The van der Waals surface area contributed by atoms with Gasteiger partial charge >= 0.3 is 0 Å². The van der Waals surface area contributed by atoms with Gasteiger partial charge in [-0.15, -0.1) is 11.3 Å². The van der Waals surface area contributed by atoms with Crippen LogP contribution in [0.4, 0.5) is 0 Å². The smallest absolute Gasteiger partial charge is 0.100 e. The van der Waals surface area contributed by atoms with Crippen LogP contribution in [0.2, 0.25) is 0 Å². The number of piperidine rings is 1. The number of likely N-dealkylation sites (tertiary alicyclic amines) is 1. The summed E-state index contributed by atoms with van der Waals surface area (Å²) in [6.07, 6.45) is 3.33. The molecule has 4 rings (SSSR count). The normalized spacial score (nSPS) is 17.6.